The van der Waals surface area contributed by atoms with E-state index in [1.807, 2.05) is 0 Å². The third-order valence-electron chi connectivity index (χ3n) is 5.70. The first kappa shape index (κ1) is 24.9. The number of rotatable bonds is 17. The van der Waals surface area contributed by atoms with Gasteiger partial charge >= 0.3 is 158 Å². The quantitative estimate of drug-likeness (QED) is 0.192. The Balaban J connectivity index is 5.56. The second-order valence-electron chi connectivity index (χ2n) is 8.16. The van der Waals surface area contributed by atoms with Crippen LogP contribution in [0.5, 0.6) is 0 Å². The van der Waals surface area contributed by atoms with Crippen LogP contribution in [-0.4, -0.2) is 30.6 Å². The van der Waals surface area contributed by atoms with Gasteiger partial charge in [0.05, 0.1) is 0 Å². The number of unbranched alkanes of at least 4 members (excludes halogenated alkanes) is 8. The predicted molar refractivity (Wildman–Crippen MR) is 116 cm³/mol. The summed E-state index contributed by atoms with van der Waals surface area (Å²) in [6.45, 7) is 8.33. The molecule has 0 aliphatic heterocycles. The Labute approximate surface area is 158 Å². The molecule has 0 aromatic carbocycles. The summed E-state index contributed by atoms with van der Waals surface area (Å²) < 4.78 is 6.50. The Bertz CT molecular complexity index is 289. The fourth-order valence-electron chi connectivity index (χ4n) is 4.26. The van der Waals surface area contributed by atoms with E-state index in [2.05, 4.69) is 27.7 Å². The van der Waals surface area contributed by atoms with Crippen LogP contribution in [0.15, 0.2) is 0 Å². The van der Waals surface area contributed by atoms with Gasteiger partial charge in [0, 0.05) is 0 Å². The third kappa shape index (κ3) is 9.97. The van der Waals surface area contributed by atoms with Crippen molar-refractivity contribution in [2.24, 2.45) is 0 Å². The fraction of sp³-hybridized carbons (Fsp3) is 0.955. The van der Waals surface area contributed by atoms with E-state index < -0.39 is 6.83 Å². The first-order chi connectivity index (χ1) is 12.0. The van der Waals surface area contributed by atoms with Gasteiger partial charge in [0.15, 0.2) is 0 Å². The predicted octanol–water partition coefficient (Wildman–Crippen LogP) is 7.78. The van der Waals surface area contributed by atoms with Gasteiger partial charge in [-0.3, -0.25) is 0 Å². The molecule has 0 rings (SSSR count). The summed E-state index contributed by atoms with van der Waals surface area (Å²) >= 11 is 0. The van der Waals surface area contributed by atoms with Crippen LogP contribution < -0.4 is 0 Å². The van der Waals surface area contributed by atoms with E-state index in [0.717, 1.165) is 0 Å². The number of hydrogen-bond donors (Lipinski definition) is 0. The van der Waals surface area contributed by atoms with Gasteiger partial charge in [-0.1, -0.05) is 0 Å². The average Bonchev–Trinajstić information content (AvgIpc) is 2.56. The van der Waals surface area contributed by atoms with Crippen molar-refractivity contribution in [1.82, 2.24) is 0 Å². The Morgan fingerprint density at radius 3 is 1.08 bits per heavy atom. The fourth-order valence-corrected chi connectivity index (χ4v) is 10.8. The maximum atomic E-state index is 12.2. The van der Waals surface area contributed by atoms with Gasteiger partial charge in [-0.05, 0) is 0 Å². The van der Waals surface area contributed by atoms with Gasteiger partial charge in [0.25, 0.3) is 0 Å². The molecule has 0 unspecified atom stereocenters. The van der Waals surface area contributed by atoms with Gasteiger partial charge in [-0.15, -0.1) is 0 Å². The normalized spacial score (nSPS) is 13.4. The van der Waals surface area contributed by atoms with Crippen LogP contribution in [0, 0.1) is 0 Å². The van der Waals surface area contributed by atoms with Crippen LogP contribution in [0.25, 0.3) is 0 Å². The van der Waals surface area contributed by atoms with Crippen molar-refractivity contribution in [2.75, 3.05) is 24.6 Å². The summed E-state index contributed by atoms with van der Waals surface area (Å²) in [4.78, 5) is 12.2. The molecule has 0 aromatic heterocycles. The van der Waals surface area contributed by atoms with Gasteiger partial charge < -0.3 is 0 Å². The molecule has 0 heterocycles. The molecular weight excluding hydrogens is 327 g/mol. The van der Waals surface area contributed by atoms with E-state index in [-0.39, 0.29) is 5.97 Å². The molecule has 0 amide bonds. The summed E-state index contributed by atoms with van der Waals surface area (Å²) in [6, 6.07) is 0. The Kier molecular flexibility index (Phi) is 14.0. The molecule has 0 fully saturated rings. The number of carbonyl (C=O) groups excluding carboxylic acids is 1. The zero-order chi connectivity index (χ0) is 19.0. The van der Waals surface area contributed by atoms with Gasteiger partial charge in [0.1, 0.15) is 0 Å². The van der Waals surface area contributed by atoms with Crippen LogP contribution in [-0.2, 0) is 9.32 Å². The van der Waals surface area contributed by atoms with Crippen molar-refractivity contribution in [1.29, 1.82) is 0 Å². The van der Waals surface area contributed by atoms with E-state index in [1.54, 1.807) is 6.92 Å². The molecule has 152 valence electrons. The van der Waals surface area contributed by atoms with E-state index in [4.69, 9.17) is 4.52 Å². The second-order valence-corrected chi connectivity index (χ2v) is 13.9. The minimum absolute atomic E-state index is 0.0151. The third-order valence-corrected chi connectivity index (χ3v) is 12.3. The van der Waals surface area contributed by atoms with Crippen molar-refractivity contribution in [3.8, 4) is 0 Å². The molecule has 3 heteroatoms. The van der Waals surface area contributed by atoms with Crippen molar-refractivity contribution < 1.29 is 9.32 Å². The summed E-state index contributed by atoms with van der Waals surface area (Å²) in [5.41, 5.74) is 0. The minimum atomic E-state index is -2.40. The molecule has 0 bridgehead atoms. The zero-order valence-corrected chi connectivity index (χ0v) is 19.0. The molecule has 0 spiro atoms. The number of carbonyl (C=O) groups is 1. The summed E-state index contributed by atoms with van der Waals surface area (Å²) in [7, 11) is 0. The molecule has 0 saturated carbocycles. The monoisotopic (exact) mass is 374 g/mol. The van der Waals surface area contributed by atoms with E-state index >= 15 is 0 Å². The maximum absolute atomic E-state index is 12.2. The van der Waals surface area contributed by atoms with Crippen molar-refractivity contribution in [2.45, 2.75) is 112 Å². The number of hydrogen-bond acceptors (Lipinski definition) is 2. The molecule has 0 aliphatic carbocycles. The summed E-state index contributed by atoms with van der Waals surface area (Å²) in [5, 5.41) is 0. The molecule has 0 radical (unpaired) electrons. The van der Waals surface area contributed by atoms with Gasteiger partial charge in [-0.25, -0.2) is 0 Å². The van der Waals surface area contributed by atoms with E-state index in [9.17, 15) is 4.79 Å². The van der Waals surface area contributed by atoms with Gasteiger partial charge in [0.2, 0.25) is 0 Å². The molecule has 0 aliphatic rings. The average molecular weight is 375 g/mol. The van der Waals surface area contributed by atoms with Crippen molar-refractivity contribution in [3.63, 3.8) is 0 Å². The Hall–Kier alpha value is -0.100. The first-order valence-corrected chi connectivity index (χ1v) is 14.1. The Morgan fingerprint density at radius 2 is 0.880 bits per heavy atom. The summed E-state index contributed by atoms with van der Waals surface area (Å²) in [6.07, 6.45) is 19.8. The zero-order valence-electron chi connectivity index (χ0n) is 18.1. The van der Waals surface area contributed by atoms with Crippen LogP contribution in [0.2, 0.25) is 0 Å². The van der Waals surface area contributed by atoms with E-state index in [0.29, 0.717) is 0 Å². The molecule has 0 atom stereocenters. The van der Waals surface area contributed by atoms with Crippen LogP contribution in [0.1, 0.15) is 112 Å². The van der Waals surface area contributed by atoms with Crippen molar-refractivity contribution in [3.05, 3.63) is 0 Å². The Morgan fingerprint density at radius 1 is 0.600 bits per heavy atom. The standard InChI is InChI=1S/C22H47O2P/c1-6-10-14-18-25(24-22(5)23,19-15-11-7-2,20-16-12-8-3)21-17-13-9-4/h6-21H2,1-5H3. The topological polar surface area (TPSA) is 26.3 Å². The van der Waals surface area contributed by atoms with E-state index in [1.165, 1.54) is 102 Å². The molecule has 0 N–H and O–H groups in total. The SMILES string of the molecule is CCCCCP(CCCCC)(CCCCC)(CCCCC)OC(C)=O. The molecule has 2 nitrogen and oxygen atoms in total. The van der Waals surface area contributed by atoms with Gasteiger partial charge in [-0.2, -0.15) is 0 Å². The van der Waals surface area contributed by atoms with Crippen molar-refractivity contribution >= 4 is 12.8 Å². The van der Waals surface area contributed by atoms with Crippen LogP contribution >= 0.6 is 6.83 Å². The molecular formula is C22H47O2P. The van der Waals surface area contributed by atoms with Crippen LogP contribution in [0.4, 0.5) is 0 Å². The summed E-state index contributed by atoms with van der Waals surface area (Å²) in [5.74, 6) is -0.0151. The molecule has 0 aromatic rings. The second kappa shape index (κ2) is 14.0. The first-order valence-electron chi connectivity index (χ1n) is 11.2. The molecule has 0 saturated heterocycles. The molecule has 25 heavy (non-hydrogen) atoms. The van der Waals surface area contributed by atoms with Crippen LogP contribution in [0.3, 0.4) is 0 Å².